The number of rotatable bonds is 4. The molecule has 0 bridgehead atoms. The second-order valence-electron chi connectivity index (χ2n) is 5.64. The smallest absolute Gasteiger partial charge is 0.0707 e. The summed E-state index contributed by atoms with van der Waals surface area (Å²) in [6.07, 6.45) is 0.994. The van der Waals surface area contributed by atoms with E-state index >= 15 is 0 Å². The van der Waals surface area contributed by atoms with Crippen molar-refractivity contribution in [3.8, 4) is 0 Å². The van der Waals surface area contributed by atoms with Crippen LogP contribution in [0.25, 0.3) is 0 Å². The molecule has 0 spiro atoms. The highest BCUT2D eigenvalue weighted by Gasteiger charge is 2.31. The van der Waals surface area contributed by atoms with Crippen molar-refractivity contribution < 1.29 is 5.11 Å². The molecule has 0 radical (unpaired) electrons. The minimum absolute atomic E-state index is 0.138. The molecule has 0 unspecified atom stereocenters. The van der Waals surface area contributed by atoms with Gasteiger partial charge >= 0.3 is 0 Å². The summed E-state index contributed by atoms with van der Waals surface area (Å²) in [6.45, 7) is 7.28. The fourth-order valence-corrected chi connectivity index (χ4v) is 2.75. The van der Waals surface area contributed by atoms with Crippen molar-refractivity contribution >= 4 is 0 Å². The lowest BCUT2D eigenvalue weighted by Crippen LogP contribution is -2.21. The van der Waals surface area contributed by atoms with Crippen molar-refractivity contribution in [2.75, 3.05) is 13.1 Å². The summed E-state index contributed by atoms with van der Waals surface area (Å²) in [5.74, 6) is 1.13. The molecular formula is C15H23NO. The van der Waals surface area contributed by atoms with Gasteiger partial charge in [0, 0.05) is 19.6 Å². The molecule has 2 rings (SSSR count). The van der Waals surface area contributed by atoms with E-state index in [2.05, 4.69) is 43.0 Å². The summed E-state index contributed by atoms with van der Waals surface area (Å²) in [5.41, 5.74) is 1.34. The van der Waals surface area contributed by atoms with Crippen LogP contribution in [0.1, 0.15) is 25.8 Å². The lowest BCUT2D eigenvalue weighted by Gasteiger charge is -2.16. The van der Waals surface area contributed by atoms with E-state index in [9.17, 15) is 5.11 Å². The molecule has 94 valence electrons. The van der Waals surface area contributed by atoms with Gasteiger partial charge in [-0.2, -0.15) is 0 Å². The minimum atomic E-state index is -0.138. The number of β-amino-alcohol motifs (C(OH)–C–C–N with tert-alkyl or cyclic N) is 1. The Labute approximate surface area is 104 Å². The van der Waals surface area contributed by atoms with Crippen LogP contribution in [0, 0.1) is 11.8 Å². The van der Waals surface area contributed by atoms with Gasteiger partial charge in [0.15, 0.2) is 0 Å². The lowest BCUT2D eigenvalue weighted by molar-refractivity contribution is 0.131. The Bertz CT molecular complexity index is 336. The molecule has 1 aliphatic heterocycles. The van der Waals surface area contributed by atoms with Gasteiger partial charge in [-0.25, -0.2) is 0 Å². The van der Waals surface area contributed by atoms with Gasteiger partial charge in [-0.1, -0.05) is 44.2 Å². The molecule has 2 atom stereocenters. The fraction of sp³-hybridized carbons (Fsp3) is 0.600. The van der Waals surface area contributed by atoms with Crippen LogP contribution in [-0.4, -0.2) is 29.2 Å². The van der Waals surface area contributed by atoms with Crippen molar-refractivity contribution in [1.29, 1.82) is 0 Å². The molecule has 1 saturated heterocycles. The Kier molecular flexibility index (Phi) is 4.19. The number of nitrogens with zero attached hydrogens (tertiary/aromatic N) is 1. The third kappa shape index (κ3) is 3.55. The Morgan fingerprint density at radius 1 is 1.24 bits per heavy atom. The van der Waals surface area contributed by atoms with Crippen molar-refractivity contribution in [3.63, 3.8) is 0 Å². The lowest BCUT2D eigenvalue weighted by atomic mass is 9.95. The Morgan fingerprint density at radius 2 is 1.94 bits per heavy atom. The third-order valence-electron chi connectivity index (χ3n) is 3.51. The first-order chi connectivity index (χ1) is 8.15. The zero-order valence-corrected chi connectivity index (χ0v) is 10.8. The molecule has 1 aromatic rings. The molecule has 17 heavy (non-hydrogen) atoms. The van der Waals surface area contributed by atoms with E-state index in [4.69, 9.17) is 0 Å². The zero-order chi connectivity index (χ0) is 12.3. The average molecular weight is 233 g/mol. The van der Waals surface area contributed by atoms with Gasteiger partial charge in [0.25, 0.3) is 0 Å². The van der Waals surface area contributed by atoms with Gasteiger partial charge in [0.2, 0.25) is 0 Å². The summed E-state index contributed by atoms with van der Waals surface area (Å²) >= 11 is 0. The second-order valence-corrected chi connectivity index (χ2v) is 5.64. The summed E-state index contributed by atoms with van der Waals surface area (Å²) in [6, 6.07) is 10.5. The fourth-order valence-electron chi connectivity index (χ4n) is 2.75. The molecule has 0 amide bonds. The van der Waals surface area contributed by atoms with E-state index in [-0.39, 0.29) is 6.10 Å². The first-order valence-corrected chi connectivity index (χ1v) is 6.59. The van der Waals surface area contributed by atoms with E-state index in [1.165, 1.54) is 5.56 Å². The Morgan fingerprint density at radius 3 is 2.59 bits per heavy atom. The molecule has 0 aromatic heterocycles. The maximum absolute atomic E-state index is 10.0. The quantitative estimate of drug-likeness (QED) is 0.864. The molecule has 1 heterocycles. The van der Waals surface area contributed by atoms with Crippen molar-refractivity contribution in [2.24, 2.45) is 11.8 Å². The van der Waals surface area contributed by atoms with Crippen LogP contribution in [0.15, 0.2) is 30.3 Å². The summed E-state index contributed by atoms with van der Waals surface area (Å²) in [5, 5.41) is 10.0. The minimum Gasteiger partial charge on any atom is -0.391 e. The number of likely N-dealkylation sites (tertiary alicyclic amines) is 1. The number of aliphatic hydroxyl groups is 1. The van der Waals surface area contributed by atoms with E-state index in [1.807, 2.05) is 6.07 Å². The molecule has 1 aromatic carbocycles. The number of aliphatic hydroxyl groups excluding tert-OH is 1. The highest BCUT2D eigenvalue weighted by atomic mass is 16.3. The van der Waals surface area contributed by atoms with E-state index < -0.39 is 0 Å². The van der Waals surface area contributed by atoms with E-state index in [1.54, 1.807) is 0 Å². The largest absolute Gasteiger partial charge is 0.391 e. The van der Waals surface area contributed by atoms with Crippen molar-refractivity contribution in [1.82, 2.24) is 4.90 Å². The predicted molar refractivity (Wildman–Crippen MR) is 70.7 cm³/mol. The standard InChI is InChI=1S/C15H23NO/c1-12(2)8-14-10-16(11-15(14)17)9-13-6-4-3-5-7-13/h3-7,12,14-15,17H,8-11H2,1-2H3/t14-,15-/m1/s1. The maximum Gasteiger partial charge on any atom is 0.0707 e. The third-order valence-corrected chi connectivity index (χ3v) is 3.51. The van der Waals surface area contributed by atoms with E-state index in [0.717, 1.165) is 26.1 Å². The summed E-state index contributed by atoms with van der Waals surface area (Å²) in [4.78, 5) is 2.37. The van der Waals surface area contributed by atoms with Crippen LogP contribution < -0.4 is 0 Å². The van der Waals surface area contributed by atoms with Crippen LogP contribution >= 0.6 is 0 Å². The SMILES string of the molecule is CC(C)C[C@@H]1CN(Cc2ccccc2)C[C@H]1O. The molecule has 2 nitrogen and oxygen atoms in total. The number of benzene rings is 1. The zero-order valence-electron chi connectivity index (χ0n) is 10.8. The normalized spacial score (nSPS) is 25.6. The number of hydrogen-bond donors (Lipinski definition) is 1. The maximum atomic E-state index is 10.0. The molecule has 1 fully saturated rings. The van der Waals surface area contributed by atoms with Crippen LogP contribution in [0.2, 0.25) is 0 Å². The van der Waals surface area contributed by atoms with Crippen LogP contribution in [0.3, 0.4) is 0 Å². The van der Waals surface area contributed by atoms with Gasteiger partial charge in [0.05, 0.1) is 6.10 Å². The summed E-state index contributed by atoms with van der Waals surface area (Å²) < 4.78 is 0. The Hall–Kier alpha value is -0.860. The first kappa shape index (κ1) is 12.6. The van der Waals surface area contributed by atoms with Crippen LogP contribution in [0.5, 0.6) is 0 Å². The highest BCUT2D eigenvalue weighted by molar-refractivity contribution is 5.14. The average Bonchev–Trinajstić information content (AvgIpc) is 2.59. The van der Waals surface area contributed by atoms with Gasteiger partial charge in [-0.3, -0.25) is 4.90 Å². The molecule has 1 aliphatic rings. The number of hydrogen-bond acceptors (Lipinski definition) is 2. The van der Waals surface area contributed by atoms with Crippen LogP contribution in [0.4, 0.5) is 0 Å². The van der Waals surface area contributed by atoms with Gasteiger partial charge in [-0.15, -0.1) is 0 Å². The molecule has 2 heteroatoms. The van der Waals surface area contributed by atoms with Gasteiger partial charge in [0.1, 0.15) is 0 Å². The van der Waals surface area contributed by atoms with E-state index in [0.29, 0.717) is 11.8 Å². The monoisotopic (exact) mass is 233 g/mol. The predicted octanol–water partition coefficient (Wildman–Crippen LogP) is 2.53. The molecule has 0 saturated carbocycles. The topological polar surface area (TPSA) is 23.5 Å². The molecule has 1 N–H and O–H groups in total. The second kappa shape index (κ2) is 5.65. The van der Waals surface area contributed by atoms with Crippen LogP contribution in [-0.2, 0) is 6.54 Å². The summed E-state index contributed by atoms with van der Waals surface area (Å²) in [7, 11) is 0. The molecular weight excluding hydrogens is 210 g/mol. The van der Waals surface area contributed by atoms with Gasteiger partial charge in [-0.05, 0) is 23.8 Å². The Balaban J connectivity index is 1.88. The first-order valence-electron chi connectivity index (χ1n) is 6.59. The highest BCUT2D eigenvalue weighted by Crippen LogP contribution is 2.25. The van der Waals surface area contributed by atoms with Crippen molar-refractivity contribution in [3.05, 3.63) is 35.9 Å². The molecule has 0 aliphatic carbocycles. The van der Waals surface area contributed by atoms with Gasteiger partial charge < -0.3 is 5.11 Å². The van der Waals surface area contributed by atoms with Crippen molar-refractivity contribution in [2.45, 2.75) is 32.9 Å².